The van der Waals surface area contributed by atoms with E-state index in [1.165, 1.54) is 0 Å². The molecule has 0 amide bonds. The van der Waals surface area contributed by atoms with Crippen molar-refractivity contribution in [3.05, 3.63) is 0 Å². The fourth-order valence-electron chi connectivity index (χ4n) is 0.896. The maximum atomic E-state index is 10.2. The normalized spacial score (nSPS) is 13.0. The second-order valence-corrected chi connectivity index (χ2v) is 2.43. The van der Waals surface area contributed by atoms with E-state index in [4.69, 9.17) is 5.11 Å². The van der Waals surface area contributed by atoms with Gasteiger partial charge in [-0.15, -0.1) is 0 Å². The van der Waals surface area contributed by atoms with E-state index in [2.05, 4.69) is 5.32 Å². The average Bonchev–Trinajstić information content (AvgIpc) is 1.86. The van der Waals surface area contributed by atoms with Crippen molar-refractivity contribution in [3.63, 3.8) is 0 Å². The molecule has 0 fully saturated rings. The van der Waals surface area contributed by atoms with Crippen LogP contribution in [0.1, 0.15) is 19.8 Å². The third-order valence-electron chi connectivity index (χ3n) is 1.53. The van der Waals surface area contributed by atoms with Crippen LogP contribution < -0.4 is 5.32 Å². The van der Waals surface area contributed by atoms with Gasteiger partial charge in [-0.25, -0.2) is 0 Å². The van der Waals surface area contributed by atoms with Gasteiger partial charge < -0.3 is 10.4 Å². The largest absolute Gasteiger partial charge is 0.481 e. The Morgan fingerprint density at radius 1 is 1.70 bits per heavy atom. The highest BCUT2D eigenvalue weighted by atomic mass is 16.4. The van der Waals surface area contributed by atoms with Gasteiger partial charge in [0.1, 0.15) is 0 Å². The molecule has 0 rings (SSSR count). The number of nitrogens with one attached hydrogen (secondary N) is 1. The molecule has 0 saturated carbocycles. The maximum Gasteiger partial charge on any atom is 0.303 e. The summed E-state index contributed by atoms with van der Waals surface area (Å²) >= 11 is 0. The summed E-state index contributed by atoms with van der Waals surface area (Å²) in [7, 11) is 1.84. The Morgan fingerprint density at radius 3 is 2.60 bits per heavy atom. The molecule has 2 N–H and O–H groups in total. The summed E-state index contributed by atoms with van der Waals surface area (Å²) in [4.78, 5) is 10.2. The zero-order chi connectivity index (χ0) is 7.98. The maximum absolute atomic E-state index is 10.2. The van der Waals surface area contributed by atoms with Crippen molar-refractivity contribution < 1.29 is 9.90 Å². The molecule has 3 heteroatoms. The Hall–Kier alpha value is -0.570. The molecule has 0 bridgehead atoms. The van der Waals surface area contributed by atoms with E-state index in [0.717, 1.165) is 13.0 Å². The number of aliphatic carboxylic acids is 1. The SMILES string of the molecule is CCC(CNC)CC(=O)O. The highest BCUT2D eigenvalue weighted by molar-refractivity contribution is 5.67. The number of hydrogen-bond donors (Lipinski definition) is 2. The highest BCUT2D eigenvalue weighted by Crippen LogP contribution is 2.05. The summed E-state index contributed by atoms with van der Waals surface area (Å²) in [5.41, 5.74) is 0. The molecule has 0 aromatic carbocycles. The van der Waals surface area contributed by atoms with E-state index >= 15 is 0 Å². The highest BCUT2D eigenvalue weighted by Gasteiger charge is 2.08. The minimum atomic E-state index is -0.706. The predicted octanol–water partition coefficient (Wildman–Crippen LogP) is 0.707. The summed E-state index contributed by atoms with van der Waals surface area (Å²) in [5, 5.41) is 11.4. The lowest BCUT2D eigenvalue weighted by Gasteiger charge is -2.09. The van der Waals surface area contributed by atoms with E-state index < -0.39 is 5.97 Å². The van der Waals surface area contributed by atoms with Gasteiger partial charge in [-0.3, -0.25) is 4.79 Å². The third kappa shape index (κ3) is 4.32. The smallest absolute Gasteiger partial charge is 0.303 e. The predicted molar refractivity (Wildman–Crippen MR) is 40.0 cm³/mol. The molecule has 0 aromatic rings. The van der Waals surface area contributed by atoms with E-state index in [0.29, 0.717) is 0 Å². The van der Waals surface area contributed by atoms with Crippen LogP contribution in [-0.4, -0.2) is 24.7 Å². The number of hydrogen-bond acceptors (Lipinski definition) is 2. The van der Waals surface area contributed by atoms with Gasteiger partial charge in [-0.1, -0.05) is 13.3 Å². The Labute approximate surface area is 61.4 Å². The van der Waals surface area contributed by atoms with Gasteiger partial charge in [0.2, 0.25) is 0 Å². The van der Waals surface area contributed by atoms with Crippen LogP contribution in [0, 0.1) is 5.92 Å². The minimum absolute atomic E-state index is 0.275. The van der Waals surface area contributed by atoms with E-state index in [1.54, 1.807) is 0 Å². The van der Waals surface area contributed by atoms with Gasteiger partial charge in [0, 0.05) is 6.42 Å². The Kier molecular flexibility index (Phi) is 4.94. The number of carboxylic acid groups (broad SMARTS) is 1. The summed E-state index contributed by atoms with van der Waals surface area (Å²) in [5.74, 6) is -0.426. The molecule has 0 aromatic heterocycles. The molecule has 1 unspecified atom stereocenters. The molecular weight excluding hydrogens is 130 g/mol. The van der Waals surface area contributed by atoms with Gasteiger partial charge in [-0.2, -0.15) is 0 Å². The van der Waals surface area contributed by atoms with E-state index in [9.17, 15) is 4.79 Å². The number of rotatable bonds is 5. The molecule has 0 radical (unpaired) electrons. The fraction of sp³-hybridized carbons (Fsp3) is 0.857. The Bertz CT molecular complexity index is 104. The molecule has 0 aliphatic heterocycles. The standard InChI is InChI=1S/C7H15NO2/c1-3-6(5-8-2)4-7(9)10/h6,8H,3-5H2,1-2H3,(H,9,10). The van der Waals surface area contributed by atoms with E-state index in [1.807, 2.05) is 14.0 Å². The molecule has 0 spiro atoms. The fourth-order valence-corrected chi connectivity index (χ4v) is 0.896. The monoisotopic (exact) mass is 145 g/mol. The van der Waals surface area contributed by atoms with Crippen LogP contribution >= 0.6 is 0 Å². The van der Waals surface area contributed by atoms with Crippen molar-refractivity contribution in [2.45, 2.75) is 19.8 Å². The molecule has 10 heavy (non-hydrogen) atoms. The first-order valence-electron chi connectivity index (χ1n) is 3.57. The molecule has 3 nitrogen and oxygen atoms in total. The first-order valence-corrected chi connectivity index (χ1v) is 3.57. The summed E-state index contributed by atoms with van der Waals surface area (Å²) in [6.45, 7) is 2.80. The average molecular weight is 145 g/mol. The van der Waals surface area contributed by atoms with Crippen molar-refractivity contribution in [1.82, 2.24) is 5.32 Å². The summed E-state index contributed by atoms with van der Waals surface area (Å²) < 4.78 is 0. The topological polar surface area (TPSA) is 49.3 Å². The zero-order valence-corrected chi connectivity index (χ0v) is 6.55. The molecule has 0 aliphatic rings. The van der Waals surface area contributed by atoms with Crippen LogP contribution in [0.2, 0.25) is 0 Å². The van der Waals surface area contributed by atoms with Gasteiger partial charge in [-0.05, 0) is 19.5 Å². The number of carboxylic acids is 1. The Balaban J connectivity index is 3.49. The molecule has 0 aliphatic carbocycles. The molecular formula is C7H15NO2. The van der Waals surface area contributed by atoms with Gasteiger partial charge in [0.25, 0.3) is 0 Å². The van der Waals surface area contributed by atoms with Crippen LogP contribution in [0.4, 0.5) is 0 Å². The second-order valence-electron chi connectivity index (χ2n) is 2.43. The lowest BCUT2D eigenvalue weighted by molar-refractivity contribution is -0.138. The van der Waals surface area contributed by atoms with Gasteiger partial charge >= 0.3 is 5.97 Å². The minimum Gasteiger partial charge on any atom is -0.481 e. The first-order chi connectivity index (χ1) is 4.70. The van der Waals surface area contributed by atoms with Crippen LogP contribution in [0.15, 0.2) is 0 Å². The van der Waals surface area contributed by atoms with Crippen molar-refractivity contribution in [2.75, 3.05) is 13.6 Å². The quantitative estimate of drug-likeness (QED) is 0.599. The van der Waals surface area contributed by atoms with Crippen molar-refractivity contribution >= 4 is 5.97 Å². The number of carbonyl (C=O) groups is 1. The molecule has 60 valence electrons. The lowest BCUT2D eigenvalue weighted by Crippen LogP contribution is -2.20. The van der Waals surface area contributed by atoms with Gasteiger partial charge in [0.05, 0.1) is 0 Å². The summed E-state index contributed by atoms with van der Waals surface area (Å²) in [6, 6.07) is 0. The van der Waals surface area contributed by atoms with Crippen molar-refractivity contribution in [3.8, 4) is 0 Å². The van der Waals surface area contributed by atoms with Crippen LogP contribution in [0.5, 0.6) is 0 Å². The third-order valence-corrected chi connectivity index (χ3v) is 1.53. The molecule has 0 heterocycles. The van der Waals surface area contributed by atoms with Gasteiger partial charge in [0.15, 0.2) is 0 Å². The lowest BCUT2D eigenvalue weighted by atomic mass is 10.0. The molecule has 0 saturated heterocycles. The first kappa shape index (κ1) is 9.43. The van der Waals surface area contributed by atoms with E-state index in [-0.39, 0.29) is 12.3 Å². The van der Waals surface area contributed by atoms with Crippen LogP contribution in [-0.2, 0) is 4.79 Å². The summed E-state index contributed by atoms with van der Waals surface area (Å²) in [6.07, 6.45) is 1.20. The van der Waals surface area contributed by atoms with Crippen LogP contribution in [0.25, 0.3) is 0 Å². The second kappa shape index (κ2) is 5.23. The Morgan fingerprint density at radius 2 is 2.30 bits per heavy atom. The van der Waals surface area contributed by atoms with Crippen molar-refractivity contribution in [1.29, 1.82) is 0 Å². The molecule has 1 atom stereocenters. The zero-order valence-electron chi connectivity index (χ0n) is 6.55. The van der Waals surface area contributed by atoms with Crippen LogP contribution in [0.3, 0.4) is 0 Å². The van der Waals surface area contributed by atoms with Crippen molar-refractivity contribution in [2.24, 2.45) is 5.92 Å².